The van der Waals surface area contributed by atoms with Gasteiger partial charge in [-0.3, -0.25) is 4.79 Å². The molecule has 2 aliphatic rings. The number of hydrogen-bond acceptors (Lipinski definition) is 4. The number of nitrogens with zero attached hydrogens (tertiary/aromatic N) is 1. The van der Waals surface area contributed by atoms with Gasteiger partial charge in [-0.1, -0.05) is 34.1 Å². The van der Waals surface area contributed by atoms with Gasteiger partial charge < -0.3 is 10.2 Å². The van der Waals surface area contributed by atoms with E-state index in [4.69, 9.17) is 0 Å². The Morgan fingerprint density at radius 3 is 1.97 bits per heavy atom. The number of nitrogens with one attached hydrogen (secondary N) is 2. The first kappa shape index (κ1) is 24.5. The summed E-state index contributed by atoms with van der Waals surface area (Å²) in [5.41, 5.74) is 1.68. The van der Waals surface area contributed by atoms with Crippen molar-refractivity contribution in [2.75, 3.05) is 18.4 Å². The van der Waals surface area contributed by atoms with Gasteiger partial charge in [0.25, 0.3) is 0 Å². The minimum atomic E-state index is -3.91. The van der Waals surface area contributed by atoms with Gasteiger partial charge >= 0.3 is 6.03 Å². The zero-order valence-corrected chi connectivity index (χ0v) is 20.1. The summed E-state index contributed by atoms with van der Waals surface area (Å²) in [6.45, 7) is 8.31. The summed E-state index contributed by atoms with van der Waals surface area (Å²) in [7, 11) is -3.91. The molecule has 178 valence electrons. The highest BCUT2D eigenvalue weighted by Gasteiger charge is 2.36. The Kier molecular flexibility index (Phi) is 7.47. The molecule has 0 bridgehead atoms. The molecule has 0 aromatic heterocycles. The first-order valence-corrected chi connectivity index (χ1v) is 13.0. The fourth-order valence-corrected chi connectivity index (χ4v) is 5.66. The second-order valence-corrected chi connectivity index (χ2v) is 11.5. The molecule has 0 atom stereocenters. The largest absolute Gasteiger partial charge is 0.342 e. The fraction of sp³-hybridized carbons (Fsp3) is 0.652. The van der Waals surface area contributed by atoms with E-state index in [1.165, 1.54) is 12.1 Å². The van der Waals surface area contributed by atoms with Gasteiger partial charge in [-0.2, -0.15) is 0 Å². The predicted molar refractivity (Wildman–Crippen MR) is 123 cm³/mol. The van der Waals surface area contributed by atoms with Gasteiger partial charge in [0.2, 0.25) is 15.9 Å². The van der Waals surface area contributed by atoms with Crippen molar-refractivity contribution in [3.8, 4) is 0 Å². The number of halogens is 1. The van der Waals surface area contributed by atoms with Crippen molar-refractivity contribution in [1.29, 1.82) is 0 Å². The molecule has 1 saturated heterocycles. The Hall–Kier alpha value is -2.16. The quantitative estimate of drug-likeness (QED) is 0.651. The van der Waals surface area contributed by atoms with Crippen LogP contribution < -0.4 is 10.0 Å². The standard InChI is InChI=1S/C23H34FN3O4S/c1-14(2)19-12-17(24)13-20(15(3)4)21(19)25-23(29)26-32(30,31)18-8-10-27(11-9-18)22(28)16-6-5-7-16/h12-16,18H,5-11H2,1-4H3,(H2,25,26,29). The van der Waals surface area contributed by atoms with Gasteiger partial charge in [0, 0.05) is 24.7 Å². The zero-order valence-electron chi connectivity index (χ0n) is 19.3. The average Bonchev–Trinajstić information content (AvgIpc) is 2.67. The Morgan fingerprint density at radius 2 is 1.53 bits per heavy atom. The number of carbonyl (C=O) groups is 2. The van der Waals surface area contributed by atoms with E-state index in [0.29, 0.717) is 42.7 Å². The lowest BCUT2D eigenvalue weighted by molar-refractivity contribution is -0.139. The molecule has 3 rings (SSSR count). The molecule has 1 aliphatic carbocycles. The van der Waals surface area contributed by atoms with E-state index in [2.05, 4.69) is 10.0 Å². The van der Waals surface area contributed by atoms with Crippen LogP contribution in [-0.4, -0.2) is 43.6 Å². The van der Waals surface area contributed by atoms with Crippen LogP contribution in [0.4, 0.5) is 14.9 Å². The third-order valence-electron chi connectivity index (χ3n) is 6.53. The fourth-order valence-electron chi connectivity index (χ4n) is 4.36. The maximum atomic E-state index is 14.1. The van der Waals surface area contributed by atoms with Crippen molar-refractivity contribution in [2.24, 2.45) is 5.92 Å². The monoisotopic (exact) mass is 467 g/mol. The lowest BCUT2D eigenvalue weighted by Gasteiger charge is -2.36. The highest BCUT2D eigenvalue weighted by Crippen LogP contribution is 2.34. The molecule has 7 nitrogen and oxygen atoms in total. The number of amides is 3. The minimum absolute atomic E-state index is 0.0624. The van der Waals surface area contributed by atoms with E-state index >= 15 is 0 Å². The number of sulfonamides is 1. The summed E-state index contributed by atoms with van der Waals surface area (Å²) in [5, 5.41) is 1.93. The SMILES string of the molecule is CC(C)c1cc(F)cc(C(C)C)c1NC(=O)NS(=O)(=O)C1CCN(C(=O)C2CCC2)CC1. The predicted octanol–water partition coefficient (Wildman–Crippen LogP) is 4.31. The van der Waals surface area contributed by atoms with Crippen LogP contribution in [0.25, 0.3) is 0 Å². The molecule has 2 N–H and O–H groups in total. The van der Waals surface area contributed by atoms with Crippen molar-refractivity contribution in [3.05, 3.63) is 29.1 Å². The molecule has 3 amide bonds. The highest BCUT2D eigenvalue weighted by molar-refractivity contribution is 7.90. The first-order chi connectivity index (χ1) is 15.0. The van der Waals surface area contributed by atoms with Gasteiger partial charge in [-0.05, 0) is 60.8 Å². The summed E-state index contributed by atoms with van der Waals surface area (Å²) >= 11 is 0. The van der Waals surface area contributed by atoms with Gasteiger partial charge in [0.1, 0.15) is 5.82 Å². The number of rotatable bonds is 6. The minimum Gasteiger partial charge on any atom is -0.342 e. The number of benzene rings is 1. The van der Waals surface area contributed by atoms with Crippen LogP contribution in [0.5, 0.6) is 0 Å². The van der Waals surface area contributed by atoms with Crippen LogP contribution >= 0.6 is 0 Å². The molecular weight excluding hydrogens is 433 g/mol. The van der Waals surface area contributed by atoms with Crippen molar-refractivity contribution in [2.45, 2.75) is 76.9 Å². The Labute approximate surface area is 190 Å². The Morgan fingerprint density at radius 1 is 1.00 bits per heavy atom. The van der Waals surface area contributed by atoms with Crippen LogP contribution in [0.3, 0.4) is 0 Å². The van der Waals surface area contributed by atoms with E-state index in [0.717, 1.165) is 19.3 Å². The normalized spacial score (nSPS) is 18.0. The van der Waals surface area contributed by atoms with Crippen LogP contribution in [0, 0.1) is 11.7 Å². The lowest BCUT2D eigenvalue weighted by Crippen LogP contribution is -2.49. The van der Waals surface area contributed by atoms with Gasteiger partial charge in [0.05, 0.1) is 5.25 Å². The third-order valence-corrected chi connectivity index (χ3v) is 8.35. The summed E-state index contributed by atoms with van der Waals surface area (Å²) in [4.78, 5) is 26.8. The molecule has 9 heteroatoms. The molecule has 0 unspecified atom stereocenters. The van der Waals surface area contributed by atoms with E-state index < -0.39 is 21.3 Å². The molecule has 0 spiro atoms. The van der Waals surface area contributed by atoms with Crippen molar-refractivity contribution < 1.29 is 22.4 Å². The molecule has 1 aliphatic heterocycles. The maximum Gasteiger partial charge on any atom is 0.332 e. The maximum absolute atomic E-state index is 14.1. The van der Waals surface area contributed by atoms with E-state index in [-0.39, 0.29) is 29.5 Å². The molecule has 1 saturated carbocycles. The molecular formula is C23H34FN3O4S. The van der Waals surface area contributed by atoms with E-state index in [1.807, 2.05) is 27.7 Å². The second kappa shape index (κ2) is 9.77. The summed E-state index contributed by atoms with van der Waals surface area (Å²) < 4.78 is 41.9. The summed E-state index contributed by atoms with van der Waals surface area (Å²) in [6, 6.07) is 1.89. The molecule has 0 radical (unpaired) electrons. The number of anilines is 1. The molecule has 1 heterocycles. The number of urea groups is 1. The molecule has 32 heavy (non-hydrogen) atoms. The lowest BCUT2D eigenvalue weighted by atomic mass is 9.84. The van der Waals surface area contributed by atoms with E-state index in [9.17, 15) is 22.4 Å². The van der Waals surface area contributed by atoms with Crippen LogP contribution in [0.1, 0.15) is 82.8 Å². The van der Waals surface area contributed by atoms with Crippen LogP contribution in [0.15, 0.2) is 12.1 Å². The highest BCUT2D eigenvalue weighted by atomic mass is 32.2. The van der Waals surface area contributed by atoms with Crippen molar-refractivity contribution in [1.82, 2.24) is 9.62 Å². The summed E-state index contributed by atoms with van der Waals surface area (Å²) in [5.74, 6) is -0.302. The number of hydrogen-bond donors (Lipinski definition) is 2. The number of piperidine rings is 1. The summed E-state index contributed by atoms with van der Waals surface area (Å²) in [6.07, 6.45) is 3.50. The first-order valence-electron chi connectivity index (χ1n) is 11.4. The molecule has 1 aromatic carbocycles. The Balaban J connectivity index is 1.66. The topological polar surface area (TPSA) is 95.6 Å². The van der Waals surface area contributed by atoms with Gasteiger partial charge in [-0.25, -0.2) is 22.3 Å². The van der Waals surface area contributed by atoms with Gasteiger partial charge in [-0.15, -0.1) is 0 Å². The van der Waals surface area contributed by atoms with Crippen molar-refractivity contribution in [3.63, 3.8) is 0 Å². The zero-order chi connectivity index (χ0) is 23.6. The average molecular weight is 468 g/mol. The molecule has 2 fully saturated rings. The number of carbonyl (C=O) groups excluding carboxylic acids is 2. The third kappa shape index (κ3) is 5.42. The van der Waals surface area contributed by atoms with E-state index in [1.54, 1.807) is 4.90 Å². The van der Waals surface area contributed by atoms with Crippen LogP contribution in [-0.2, 0) is 14.8 Å². The van der Waals surface area contributed by atoms with Crippen molar-refractivity contribution >= 4 is 27.6 Å². The number of likely N-dealkylation sites (tertiary alicyclic amines) is 1. The van der Waals surface area contributed by atoms with Gasteiger partial charge in [0.15, 0.2) is 0 Å². The molecule has 1 aromatic rings. The smallest absolute Gasteiger partial charge is 0.332 e. The second-order valence-electron chi connectivity index (χ2n) is 9.52. The Bertz CT molecular complexity index is 936. The van der Waals surface area contributed by atoms with Crippen LogP contribution in [0.2, 0.25) is 0 Å².